The maximum Gasteiger partial charge on any atom is 0.0521 e. The summed E-state index contributed by atoms with van der Waals surface area (Å²) in [6.45, 7) is 0.805. The summed E-state index contributed by atoms with van der Waals surface area (Å²) in [7, 11) is 0. The van der Waals surface area contributed by atoms with Gasteiger partial charge >= 0.3 is 0 Å². The Morgan fingerprint density at radius 2 is 1.69 bits per heavy atom. The predicted octanol–water partition coefficient (Wildman–Crippen LogP) is 0.919. The van der Waals surface area contributed by atoms with Crippen LogP contribution in [-0.4, -0.2) is 12.7 Å². The molecule has 0 heterocycles. The summed E-state index contributed by atoms with van der Waals surface area (Å²) in [6, 6.07) is 0. The van der Waals surface area contributed by atoms with E-state index in [1.165, 1.54) is 32.1 Å². The van der Waals surface area contributed by atoms with Crippen LogP contribution in [-0.2, 0) is 0 Å². The monoisotopic (exact) mass is 185 g/mol. The summed E-state index contributed by atoms with van der Waals surface area (Å²) in [5.74, 6) is 0. The molecule has 3 nitrogen and oxygen atoms in total. The minimum absolute atomic E-state index is 0.162. The molecule has 78 valence electrons. The van der Waals surface area contributed by atoms with E-state index < -0.39 is 0 Å². The van der Waals surface area contributed by atoms with Crippen LogP contribution in [0.2, 0.25) is 0 Å². The highest BCUT2D eigenvalue weighted by molar-refractivity contribution is 4.84. The number of rotatable bonds is 4. The van der Waals surface area contributed by atoms with Gasteiger partial charge in [0.1, 0.15) is 0 Å². The van der Waals surface area contributed by atoms with Crippen molar-refractivity contribution in [1.29, 1.82) is 0 Å². The number of hydrogen-bond donors (Lipinski definition) is 3. The molecule has 13 heavy (non-hydrogen) atoms. The standard InChI is InChI=1S/C10H23N3/c11-8-10(7-4-9(12)13)5-2-1-3-6-10/h9H,1-8,11-13H2. The van der Waals surface area contributed by atoms with E-state index in [1.807, 2.05) is 0 Å². The molecule has 3 heteroatoms. The van der Waals surface area contributed by atoms with Gasteiger partial charge in [0.2, 0.25) is 0 Å². The van der Waals surface area contributed by atoms with Gasteiger partial charge in [-0.05, 0) is 37.6 Å². The van der Waals surface area contributed by atoms with E-state index >= 15 is 0 Å². The zero-order valence-electron chi connectivity index (χ0n) is 8.47. The molecule has 0 aromatic rings. The van der Waals surface area contributed by atoms with Crippen LogP contribution in [0.15, 0.2) is 0 Å². The summed E-state index contributed by atoms with van der Waals surface area (Å²) in [6.07, 6.45) is 8.44. The van der Waals surface area contributed by atoms with Crippen molar-refractivity contribution in [2.24, 2.45) is 22.6 Å². The van der Waals surface area contributed by atoms with Crippen molar-refractivity contribution in [3.63, 3.8) is 0 Å². The zero-order chi connectivity index (χ0) is 9.73. The highest BCUT2D eigenvalue weighted by Gasteiger charge is 2.30. The van der Waals surface area contributed by atoms with E-state index in [0.29, 0.717) is 5.41 Å². The van der Waals surface area contributed by atoms with Crippen LogP contribution in [0, 0.1) is 5.41 Å². The fourth-order valence-electron chi connectivity index (χ4n) is 2.33. The average Bonchev–Trinajstić information content (AvgIpc) is 2.16. The Kier molecular flexibility index (Phi) is 4.16. The molecule has 1 aliphatic carbocycles. The number of nitrogens with two attached hydrogens (primary N) is 3. The van der Waals surface area contributed by atoms with Gasteiger partial charge in [0, 0.05) is 0 Å². The zero-order valence-corrected chi connectivity index (χ0v) is 8.47. The molecule has 0 saturated heterocycles. The van der Waals surface area contributed by atoms with E-state index in [-0.39, 0.29) is 6.17 Å². The quantitative estimate of drug-likeness (QED) is 0.570. The fraction of sp³-hybridized carbons (Fsp3) is 1.00. The van der Waals surface area contributed by atoms with Gasteiger partial charge < -0.3 is 17.2 Å². The summed E-state index contributed by atoms with van der Waals surface area (Å²) >= 11 is 0. The molecule has 0 radical (unpaired) electrons. The third-order valence-electron chi connectivity index (χ3n) is 3.36. The van der Waals surface area contributed by atoms with Crippen LogP contribution in [0.5, 0.6) is 0 Å². The molecular formula is C10H23N3. The predicted molar refractivity (Wildman–Crippen MR) is 56.0 cm³/mol. The summed E-state index contributed by atoms with van der Waals surface area (Å²) in [4.78, 5) is 0. The Morgan fingerprint density at radius 3 is 2.15 bits per heavy atom. The highest BCUT2D eigenvalue weighted by atomic mass is 14.8. The van der Waals surface area contributed by atoms with Crippen molar-refractivity contribution in [2.75, 3.05) is 6.54 Å². The molecule has 1 fully saturated rings. The summed E-state index contributed by atoms with van der Waals surface area (Å²) < 4.78 is 0. The van der Waals surface area contributed by atoms with E-state index in [0.717, 1.165) is 19.4 Å². The van der Waals surface area contributed by atoms with Gasteiger partial charge in [0.15, 0.2) is 0 Å². The molecule has 0 unspecified atom stereocenters. The van der Waals surface area contributed by atoms with Crippen LogP contribution in [0.1, 0.15) is 44.9 Å². The van der Waals surface area contributed by atoms with E-state index in [9.17, 15) is 0 Å². The minimum atomic E-state index is -0.162. The Morgan fingerprint density at radius 1 is 1.08 bits per heavy atom. The second kappa shape index (κ2) is 4.94. The Bertz CT molecular complexity index is 139. The average molecular weight is 185 g/mol. The summed E-state index contributed by atoms with van der Waals surface area (Å²) in [5, 5.41) is 0. The maximum atomic E-state index is 5.84. The summed E-state index contributed by atoms with van der Waals surface area (Å²) in [5.41, 5.74) is 17.3. The lowest BCUT2D eigenvalue weighted by atomic mass is 9.71. The normalized spacial score (nSPS) is 22.2. The molecule has 0 bridgehead atoms. The first-order chi connectivity index (χ1) is 6.18. The molecular weight excluding hydrogens is 162 g/mol. The van der Waals surface area contributed by atoms with Gasteiger partial charge in [-0.1, -0.05) is 19.3 Å². The molecule has 0 aromatic carbocycles. The van der Waals surface area contributed by atoms with Crippen LogP contribution >= 0.6 is 0 Å². The largest absolute Gasteiger partial charge is 0.330 e. The molecule has 1 rings (SSSR count). The van der Waals surface area contributed by atoms with Crippen molar-refractivity contribution in [2.45, 2.75) is 51.1 Å². The Hall–Kier alpha value is -0.120. The Balaban J connectivity index is 2.38. The van der Waals surface area contributed by atoms with E-state index in [4.69, 9.17) is 17.2 Å². The lowest BCUT2D eigenvalue weighted by molar-refractivity contribution is 0.174. The second-order valence-electron chi connectivity index (χ2n) is 4.47. The molecule has 0 spiro atoms. The lowest BCUT2D eigenvalue weighted by Crippen LogP contribution is -2.37. The molecule has 0 atom stereocenters. The van der Waals surface area contributed by atoms with E-state index in [2.05, 4.69) is 0 Å². The smallest absolute Gasteiger partial charge is 0.0521 e. The third-order valence-corrected chi connectivity index (χ3v) is 3.36. The topological polar surface area (TPSA) is 78.1 Å². The van der Waals surface area contributed by atoms with Gasteiger partial charge in [-0.3, -0.25) is 0 Å². The van der Waals surface area contributed by atoms with Gasteiger partial charge in [-0.15, -0.1) is 0 Å². The van der Waals surface area contributed by atoms with Gasteiger partial charge in [0.05, 0.1) is 6.17 Å². The van der Waals surface area contributed by atoms with Crippen LogP contribution in [0.25, 0.3) is 0 Å². The molecule has 0 aromatic heterocycles. The number of hydrogen-bond acceptors (Lipinski definition) is 3. The first-order valence-electron chi connectivity index (χ1n) is 5.40. The van der Waals surface area contributed by atoms with Crippen LogP contribution < -0.4 is 17.2 Å². The fourth-order valence-corrected chi connectivity index (χ4v) is 2.33. The molecule has 1 aliphatic rings. The Labute approximate surface area is 81.0 Å². The lowest BCUT2D eigenvalue weighted by Gasteiger charge is -2.36. The van der Waals surface area contributed by atoms with Crippen LogP contribution in [0.3, 0.4) is 0 Å². The van der Waals surface area contributed by atoms with E-state index in [1.54, 1.807) is 0 Å². The van der Waals surface area contributed by atoms with Crippen molar-refractivity contribution in [1.82, 2.24) is 0 Å². The van der Waals surface area contributed by atoms with Gasteiger partial charge in [0.25, 0.3) is 0 Å². The van der Waals surface area contributed by atoms with Crippen molar-refractivity contribution >= 4 is 0 Å². The van der Waals surface area contributed by atoms with Crippen molar-refractivity contribution < 1.29 is 0 Å². The SMILES string of the molecule is NCC1(CCC(N)N)CCCCC1. The maximum absolute atomic E-state index is 5.84. The van der Waals surface area contributed by atoms with Gasteiger partial charge in [-0.25, -0.2) is 0 Å². The first-order valence-corrected chi connectivity index (χ1v) is 5.40. The minimum Gasteiger partial charge on any atom is -0.330 e. The third kappa shape index (κ3) is 3.25. The molecule has 0 aliphatic heterocycles. The first kappa shape index (κ1) is 11.0. The van der Waals surface area contributed by atoms with Crippen molar-refractivity contribution in [3.05, 3.63) is 0 Å². The molecule has 1 saturated carbocycles. The highest BCUT2D eigenvalue weighted by Crippen LogP contribution is 2.39. The second-order valence-corrected chi connectivity index (χ2v) is 4.47. The molecule has 0 amide bonds. The van der Waals surface area contributed by atoms with Gasteiger partial charge in [-0.2, -0.15) is 0 Å². The van der Waals surface area contributed by atoms with Crippen LogP contribution in [0.4, 0.5) is 0 Å². The molecule has 6 N–H and O–H groups in total. The van der Waals surface area contributed by atoms with Crippen molar-refractivity contribution in [3.8, 4) is 0 Å².